The second kappa shape index (κ2) is 14.3. The highest BCUT2D eigenvalue weighted by atomic mass is 15.1. The lowest BCUT2D eigenvalue weighted by Gasteiger charge is -2.26. The molecule has 0 radical (unpaired) electrons. The van der Waals surface area contributed by atoms with Crippen LogP contribution in [0.25, 0.3) is 66.4 Å². The lowest BCUT2D eigenvalue weighted by Crippen LogP contribution is -2.09. The number of benzene rings is 9. The SMILES string of the molecule is c1ccc(-c2ccccc2-c2ccccc2-c2ccc(N(c3ccccc3)c3ccc(-c4ccc5ccccc5c4-c4ccccc4)cc3)cc2)cc1. The average Bonchev–Trinajstić information content (AvgIpc) is 3.25. The van der Waals surface area contributed by atoms with Gasteiger partial charge in [0.2, 0.25) is 0 Å². The number of rotatable bonds is 8. The highest BCUT2D eigenvalue weighted by Gasteiger charge is 2.17. The zero-order chi connectivity index (χ0) is 35.4. The third-order valence-electron chi connectivity index (χ3n) is 10.1. The molecule has 0 unspecified atom stereocenters. The Morgan fingerprint density at radius 1 is 0.226 bits per heavy atom. The van der Waals surface area contributed by atoms with Gasteiger partial charge in [-0.05, 0) is 103 Å². The minimum atomic E-state index is 1.10. The van der Waals surface area contributed by atoms with E-state index in [-0.39, 0.29) is 0 Å². The smallest absolute Gasteiger partial charge is 0.0462 e. The molecule has 0 bridgehead atoms. The molecule has 1 nitrogen and oxygen atoms in total. The summed E-state index contributed by atoms with van der Waals surface area (Å²) < 4.78 is 0. The minimum absolute atomic E-state index is 1.10. The van der Waals surface area contributed by atoms with Crippen LogP contribution in [-0.2, 0) is 0 Å². The maximum Gasteiger partial charge on any atom is 0.0462 e. The number of para-hydroxylation sites is 1. The Balaban J connectivity index is 1.09. The van der Waals surface area contributed by atoms with Gasteiger partial charge in [-0.15, -0.1) is 0 Å². The third-order valence-corrected chi connectivity index (χ3v) is 10.1. The number of anilines is 3. The van der Waals surface area contributed by atoms with Crippen LogP contribution in [0.1, 0.15) is 0 Å². The molecule has 1 heteroatoms. The quantitative estimate of drug-likeness (QED) is 0.155. The fourth-order valence-electron chi connectivity index (χ4n) is 7.59. The van der Waals surface area contributed by atoms with Gasteiger partial charge >= 0.3 is 0 Å². The Hall–Kier alpha value is -6.96. The first-order valence-corrected chi connectivity index (χ1v) is 18.2. The van der Waals surface area contributed by atoms with Gasteiger partial charge in [-0.2, -0.15) is 0 Å². The van der Waals surface area contributed by atoms with Crippen LogP contribution in [0.15, 0.2) is 224 Å². The largest absolute Gasteiger partial charge is 0.311 e. The van der Waals surface area contributed by atoms with E-state index in [0.29, 0.717) is 0 Å². The number of nitrogens with zero attached hydrogens (tertiary/aromatic N) is 1. The van der Waals surface area contributed by atoms with E-state index in [1.165, 1.54) is 66.4 Å². The standard InChI is InChI=1S/C52H37N/c1-4-16-38(17-5-1)46-23-12-14-26-50(46)51-27-15-13-24-47(51)40-28-33-44(34-29-40)53(43-21-8-3-9-22-43)45-35-30-41(31-36-45)49-37-32-39-18-10-11-25-48(39)52(49)42-19-6-2-7-20-42/h1-37H. The van der Waals surface area contributed by atoms with Crippen LogP contribution in [0.4, 0.5) is 17.1 Å². The molecule has 9 rings (SSSR count). The molecule has 9 aromatic carbocycles. The van der Waals surface area contributed by atoms with E-state index in [9.17, 15) is 0 Å². The van der Waals surface area contributed by atoms with Gasteiger partial charge in [-0.3, -0.25) is 0 Å². The molecule has 0 heterocycles. The van der Waals surface area contributed by atoms with Crippen molar-refractivity contribution in [1.82, 2.24) is 0 Å². The van der Waals surface area contributed by atoms with Crippen molar-refractivity contribution < 1.29 is 0 Å². The van der Waals surface area contributed by atoms with Gasteiger partial charge in [-0.1, -0.05) is 188 Å². The van der Waals surface area contributed by atoms with Crippen molar-refractivity contribution in [3.63, 3.8) is 0 Å². The zero-order valence-corrected chi connectivity index (χ0v) is 29.3. The van der Waals surface area contributed by atoms with Crippen molar-refractivity contribution >= 4 is 27.8 Å². The van der Waals surface area contributed by atoms with Crippen LogP contribution in [0, 0.1) is 0 Å². The first-order valence-electron chi connectivity index (χ1n) is 18.2. The Kier molecular flexibility index (Phi) is 8.66. The molecule has 9 aromatic rings. The Morgan fingerprint density at radius 2 is 0.623 bits per heavy atom. The molecule has 0 spiro atoms. The van der Waals surface area contributed by atoms with Gasteiger partial charge in [0.25, 0.3) is 0 Å². The molecule has 0 fully saturated rings. The van der Waals surface area contributed by atoms with Crippen molar-refractivity contribution in [3.05, 3.63) is 224 Å². The molecule has 0 saturated carbocycles. The van der Waals surface area contributed by atoms with Gasteiger partial charge in [0.15, 0.2) is 0 Å². The van der Waals surface area contributed by atoms with E-state index in [4.69, 9.17) is 0 Å². The molecule has 250 valence electrons. The Bertz CT molecular complexity index is 2630. The van der Waals surface area contributed by atoms with E-state index in [1.807, 2.05) is 0 Å². The lowest BCUT2D eigenvalue weighted by atomic mass is 9.89. The molecule has 53 heavy (non-hydrogen) atoms. The first-order chi connectivity index (χ1) is 26.3. The molecular formula is C52H37N. The maximum absolute atomic E-state index is 2.34. The summed E-state index contributed by atoms with van der Waals surface area (Å²) in [4.78, 5) is 2.34. The Morgan fingerprint density at radius 3 is 1.19 bits per heavy atom. The van der Waals surface area contributed by atoms with Gasteiger partial charge in [0.05, 0.1) is 0 Å². The normalized spacial score (nSPS) is 11.0. The second-order valence-electron chi connectivity index (χ2n) is 13.3. The van der Waals surface area contributed by atoms with Gasteiger partial charge in [0.1, 0.15) is 0 Å². The van der Waals surface area contributed by atoms with Crippen LogP contribution in [-0.4, -0.2) is 0 Å². The maximum atomic E-state index is 2.34. The Labute approximate surface area is 311 Å². The van der Waals surface area contributed by atoms with Crippen molar-refractivity contribution in [2.75, 3.05) is 4.90 Å². The van der Waals surface area contributed by atoms with Crippen LogP contribution >= 0.6 is 0 Å². The molecule has 0 aliphatic heterocycles. The zero-order valence-electron chi connectivity index (χ0n) is 29.3. The molecule has 0 aromatic heterocycles. The number of fused-ring (bicyclic) bond motifs is 1. The van der Waals surface area contributed by atoms with Crippen molar-refractivity contribution in [3.8, 4) is 55.6 Å². The van der Waals surface area contributed by atoms with Crippen LogP contribution in [0.2, 0.25) is 0 Å². The predicted molar refractivity (Wildman–Crippen MR) is 226 cm³/mol. The van der Waals surface area contributed by atoms with E-state index in [2.05, 4.69) is 229 Å². The second-order valence-corrected chi connectivity index (χ2v) is 13.3. The highest BCUT2D eigenvalue weighted by molar-refractivity contribution is 6.04. The lowest BCUT2D eigenvalue weighted by molar-refractivity contribution is 1.28. The van der Waals surface area contributed by atoms with Crippen LogP contribution < -0.4 is 4.90 Å². The van der Waals surface area contributed by atoms with E-state index in [0.717, 1.165) is 17.1 Å². The van der Waals surface area contributed by atoms with Gasteiger partial charge in [0, 0.05) is 17.1 Å². The van der Waals surface area contributed by atoms with Gasteiger partial charge < -0.3 is 4.90 Å². The molecule has 0 atom stereocenters. The number of hydrogen-bond donors (Lipinski definition) is 0. The van der Waals surface area contributed by atoms with Crippen molar-refractivity contribution in [1.29, 1.82) is 0 Å². The fraction of sp³-hybridized carbons (Fsp3) is 0. The summed E-state index contributed by atoms with van der Waals surface area (Å²) in [6, 6.07) is 80.7. The predicted octanol–water partition coefficient (Wildman–Crippen LogP) is 14.6. The third kappa shape index (κ3) is 6.30. The molecule has 0 amide bonds. The van der Waals surface area contributed by atoms with Crippen molar-refractivity contribution in [2.24, 2.45) is 0 Å². The first kappa shape index (κ1) is 32.0. The van der Waals surface area contributed by atoms with Gasteiger partial charge in [-0.25, -0.2) is 0 Å². The summed E-state index contributed by atoms with van der Waals surface area (Å²) in [7, 11) is 0. The fourth-order valence-corrected chi connectivity index (χ4v) is 7.59. The highest BCUT2D eigenvalue weighted by Crippen LogP contribution is 2.42. The van der Waals surface area contributed by atoms with E-state index >= 15 is 0 Å². The summed E-state index contributed by atoms with van der Waals surface area (Å²) >= 11 is 0. The van der Waals surface area contributed by atoms with Crippen LogP contribution in [0.3, 0.4) is 0 Å². The molecule has 0 aliphatic rings. The molecular weight excluding hydrogens is 639 g/mol. The van der Waals surface area contributed by atoms with Crippen molar-refractivity contribution in [2.45, 2.75) is 0 Å². The minimum Gasteiger partial charge on any atom is -0.311 e. The summed E-state index contributed by atoms with van der Waals surface area (Å²) in [5, 5.41) is 2.50. The summed E-state index contributed by atoms with van der Waals surface area (Å²) in [6.07, 6.45) is 0. The topological polar surface area (TPSA) is 3.24 Å². The summed E-state index contributed by atoms with van der Waals surface area (Å²) in [5.41, 5.74) is 15.5. The van der Waals surface area contributed by atoms with Crippen LogP contribution in [0.5, 0.6) is 0 Å². The number of hydrogen-bond acceptors (Lipinski definition) is 1. The van der Waals surface area contributed by atoms with E-state index < -0.39 is 0 Å². The molecule has 0 N–H and O–H groups in total. The summed E-state index contributed by atoms with van der Waals surface area (Å²) in [5.74, 6) is 0. The molecule has 0 saturated heterocycles. The monoisotopic (exact) mass is 675 g/mol. The summed E-state index contributed by atoms with van der Waals surface area (Å²) in [6.45, 7) is 0. The van der Waals surface area contributed by atoms with E-state index in [1.54, 1.807) is 0 Å². The molecule has 0 aliphatic carbocycles. The average molecular weight is 676 g/mol.